The molecular formula is C40H40N2O2S2. The van der Waals surface area contributed by atoms with Gasteiger partial charge in [0.2, 0.25) is 0 Å². The highest BCUT2D eigenvalue weighted by Crippen LogP contribution is 2.29. The average molecular weight is 645 g/mol. The fraction of sp³-hybridized carbons (Fsp3) is 0.225. The Hall–Kier alpha value is -3.97. The largest absolute Gasteiger partial charge is 0.393 e. The molecule has 0 spiro atoms. The third-order valence-corrected chi connectivity index (χ3v) is 9.84. The number of benzene rings is 4. The highest BCUT2D eigenvalue weighted by Gasteiger charge is 2.07. The van der Waals surface area contributed by atoms with Crippen molar-refractivity contribution in [2.24, 2.45) is 0 Å². The van der Waals surface area contributed by atoms with Crippen molar-refractivity contribution in [2.75, 3.05) is 11.5 Å². The molecule has 4 nitrogen and oxygen atoms in total. The SMILES string of the molecule is O=C(CCSc1ccc2ccccc2c1)CCc1cccnc1.OC(CCSc1cccc2ccccc12)CCc1cccnc1. The van der Waals surface area contributed by atoms with E-state index >= 15 is 0 Å². The molecule has 0 saturated heterocycles. The lowest BCUT2D eigenvalue weighted by molar-refractivity contribution is -0.118. The number of hydrogen-bond acceptors (Lipinski definition) is 6. The molecule has 0 fully saturated rings. The first-order valence-corrected chi connectivity index (χ1v) is 17.8. The summed E-state index contributed by atoms with van der Waals surface area (Å²) < 4.78 is 0. The number of carbonyl (C=O) groups excluding carboxylic acids is 1. The van der Waals surface area contributed by atoms with Gasteiger partial charge < -0.3 is 5.11 Å². The van der Waals surface area contributed by atoms with Crippen molar-refractivity contribution >= 4 is 50.9 Å². The fourth-order valence-corrected chi connectivity index (χ4v) is 7.21. The van der Waals surface area contributed by atoms with E-state index in [9.17, 15) is 9.90 Å². The van der Waals surface area contributed by atoms with E-state index in [0.717, 1.165) is 42.8 Å². The zero-order valence-corrected chi connectivity index (χ0v) is 27.6. The normalized spacial score (nSPS) is 11.6. The van der Waals surface area contributed by atoms with Crippen LogP contribution in [0.1, 0.15) is 36.8 Å². The molecule has 0 saturated carbocycles. The Morgan fingerprint density at radius 3 is 2.09 bits per heavy atom. The minimum Gasteiger partial charge on any atom is -0.393 e. The summed E-state index contributed by atoms with van der Waals surface area (Å²) in [5.74, 6) is 2.09. The van der Waals surface area contributed by atoms with Crippen molar-refractivity contribution in [3.05, 3.63) is 145 Å². The molecule has 0 aliphatic carbocycles. The van der Waals surface area contributed by atoms with Crippen LogP contribution in [0, 0.1) is 0 Å². The number of nitrogens with zero attached hydrogens (tertiary/aromatic N) is 2. The van der Waals surface area contributed by atoms with Crippen LogP contribution in [0.4, 0.5) is 0 Å². The zero-order valence-electron chi connectivity index (χ0n) is 26.0. The van der Waals surface area contributed by atoms with Crippen molar-refractivity contribution in [1.29, 1.82) is 0 Å². The summed E-state index contributed by atoms with van der Waals surface area (Å²) >= 11 is 3.58. The molecule has 0 aliphatic heterocycles. The Kier molecular flexibility index (Phi) is 13.2. The molecular weight excluding hydrogens is 605 g/mol. The predicted molar refractivity (Wildman–Crippen MR) is 195 cm³/mol. The third-order valence-electron chi connectivity index (χ3n) is 7.73. The highest BCUT2D eigenvalue weighted by molar-refractivity contribution is 7.99. The molecule has 234 valence electrons. The molecule has 1 N–H and O–H groups in total. The van der Waals surface area contributed by atoms with E-state index in [1.54, 1.807) is 24.2 Å². The molecule has 4 aromatic carbocycles. The van der Waals surface area contributed by atoms with Gasteiger partial charge in [-0.1, -0.05) is 78.9 Å². The smallest absolute Gasteiger partial charge is 0.134 e. The molecule has 0 radical (unpaired) electrons. The summed E-state index contributed by atoms with van der Waals surface area (Å²) in [6.07, 6.45) is 11.5. The lowest BCUT2D eigenvalue weighted by Crippen LogP contribution is -2.09. The predicted octanol–water partition coefficient (Wildman–Crippen LogP) is 9.63. The van der Waals surface area contributed by atoms with Crippen LogP contribution in [0.5, 0.6) is 0 Å². The van der Waals surface area contributed by atoms with E-state index in [1.165, 1.54) is 36.9 Å². The first-order valence-electron chi connectivity index (χ1n) is 15.8. The molecule has 6 heteroatoms. The Morgan fingerprint density at radius 1 is 0.630 bits per heavy atom. The monoisotopic (exact) mass is 644 g/mol. The topological polar surface area (TPSA) is 63.1 Å². The van der Waals surface area contributed by atoms with Gasteiger partial charge in [-0.25, -0.2) is 0 Å². The van der Waals surface area contributed by atoms with Gasteiger partial charge >= 0.3 is 0 Å². The fourth-order valence-electron chi connectivity index (χ4n) is 5.14. The van der Waals surface area contributed by atoms with E-state index < -0.39 is 0 Å². The van der Waals surface area contributed by atoms with Crippen molar-refractivity contribution in [3.63, 3.8) is 0 Å². The molecule has 2 heterocycles. The van der Waals surface area contributed by atoms with Crippen LogP contribution in [0.25, 0.3) is 21.5 Å². The number of thioether (sulfide) groups is 2. The minimum atomic E-state index is -0.252. The molecule has 0 aliphatic rings. The molecule has 1 atom stereocenters. The molecule has 2 aromatic heterocycles. The average Bonchev–Trinajstić information content (AvgIpc) is 3.11. The van der Waals surface area contributed by atoms with Crippen LogP contribution >= 0.6 is 23.5 Å². The van der Waals surface area contributed by atoms with Gasteiger partial charge in [0.05, 0.1) is 6.10 Å². The second-order valence-corrected chi connectivity index (χ2v) is 13.5. The van der Waals surface area contributed by atoms with Gasteiger partial charge in [-0.15, -0.1) is 23.5 Å². The summed E-state index contributed by atoms with van der Waals surface area (Å²) in [6.45, 7) is 0. The second-order valence-electron chi connectivity index (χ2n) is 11.2. The zero-order chi connectivity index (χ0) is 31.8. The number of Topliss-reactive ketones (excluding diaryl/α,β-unsaturated/α-hetero) is 1. The van der Waals surface area contributed by atoms with Crippen molar-refractivity contribution in [2.45, 2.75) is 54.4 Å². The summed E-state index contributed by atoms with van der Waals surface area (Å²) in [6, 6.07) is 37.6. The molecule has 1 unspecified atom stereocenters. The summed E-state index contributed by atoms with van der Waals surface area (Å²) in [5, 5.41) is 15.2. The van der Waals surface area contributed by atoms with Gasteiger partial charge in [0.15, 0.2) is 0 Å². The van der Waals surface area contributed by atoms with Crippen LogP contribution in [-0.2, 0) is 17.6 Å². The quantitative estimate of drug-likeness (QED) is 0.119. The molecule has 6 aromatic rings. The highest BCUT2D eigenvalue weighted by atomic mass is 32.2. The van der Waals surface area contributed by atoms with E-state index in [0.29, 0.717) is 18.6 Å². The van der Waals surface area contributed by atoms with Crippen molar-refractivity contribution in [3.8, 4) is 0 Å². The van der Waals surface area contributed by atoms with E-state index in [4.69, 9.17) is 0 Å². The number of ketones is 1. The van der Waals surface area contributed by atoms with Crippen molar-refractivity contribution < 1.29 is 9.90 Å². The van der Waals surface area contributed by atoms with E-state index in [2.05, 4.69) is 101 Å². The van der Waals surface area contributed by atoms with Gasteiger partial charge in [-0.05, 0) is 88.7 Å². The number of aliphatic hydroxyl groups is 1. The molecule has 46 heavy (non-hydrogen) atoms. The maximum absolute atomic E-state index is 12.0. The number of pyridine rings is 2. The lowest BCUT2D eigenvalue weighted by Gasteiger charge is -2.11. The number of rotatable bonds is 14. The molecule has 0 bridgehead atoms. The van der Waals surface area contributed by atoms with Crippen LogP contribution in [-0.4, -0.2) is 38.5 Å². The first-order chi connectivity index (χ1) is 22.6. The minimum absolute atomic E-state index is 0.252. The van der Waals surface area contributed by atoms with Gasteiger partial charge in [0.1, 0.15) is 5.78 Å². The Bertz CT molecular complexity index is 1790. The summed E-state index contributed by atoms with van der Waals surface area (Å²) in [4.78, 5) is 22.7. The standard InChI is InChI=1S/C20H21NOS.C20H19NOS/c22-18(11-10-16-5-4-13-21-15-16)12-14-23-20-9-3-7-17-6-1-2-8-19(17)20;22-19(9-7-16-4-3-12-21-15-16)11-13-23-20-10-8-17-5-1-2-6-18(17)14-20/h1-9,13,15,18,22H,10-12,14H2;1-6,8,10,12,14-15H,7,9,11,13H2. The van der Waals surface area contributed by atoms with Gasteiger partial charge in [0.25, 0.3) is 0 Å². The number of aliphatic hydroxyl groups excluding tert-OH is 1. The van der Waals surface area contributed by atoms with E-state index in [1.807, 2.05) is 42.4 Å². The number of aryl methyl sites for hydroxylation is 2. The van der Waals surface area contributed by atoms with Gasteiger partial charge in [0, 0.05) is 58.9 Å². The maximum Gasteiger partial charge on any atom is 0.134 e. The number of hydrogen-bond donors (Lipinski definition) is 1. The number of aromatic nitrogens is 2. The molecule has 0 amide bonds. The van der Waals surface area contributed by atoms with Gasteiger partial charge in [-0.2, -0.15) is 0 Å². The van der Waals surface area contributed by atoms with Gasteiger partial charge in [-0.3, -0.25) is 14.8 Å². The number of fused-ring (bicyclic) bond motifs is 2. The third kappa shape index (κ3) is 10.8. The van der Waals surface area contributed by atoms with Crippen LogP contribution in [0.3, 0.4) is 0 Å². The number of carbonyl (C=O) groups is 1. The first kappa shape index (κ1) is 33.4. The van der Waals surface area contributed by atoms with Crippen LogP contribution in [0.2, 0.25) is 0 Å². The molecule has 6 rings (SSSR count). The Morgan fingerprint density at radius 2 is 1.33 bits per heavy atom. The summed E-state index contributed by atoms with van der Waals surface area (Å²) in [5.41, 5.74) is 2.32. The summed E-state index contributed by atoms with van der Waals surface area (Å²) in [7, 11) is 0. The second kappa shape index (κ2) is 18.2. The Labute approximate surface area is 280 Å². The Balaban J connectivity index is 0.000000181. The van der Waals surface area contributed by atoms with Crippen molar-refractivity contribution in [1.82, 2.24) is 9.97 Å². The maximum atomic E-state index is 12.0. The van der Waals surface area contributed by atoms with Crippen LogP contribution < -0.4 is 0 Å². The van der Waals surface area contributed by atoms with Crippen LogP contribution in [0.15, 0.2) is 144 Å². The van der Waals surface area contributed by atoms with E-state index in [-0.39, 0.29) is 6.10 Å². The lowest BCUT2D eigenvalue weighted by atomic mass is 10.1.